The fraction of sp³-hybridized carbons (Fsp3) is 0.182. The molecular formula is C22H19F2N3O3. The molecule has 1 amide bonds. The van der Waals surface area contributed by atoms with Crippen molar-refractivity contribution >= 4 is 17.9 Å². The topological polar surface area (TPSA) is 89.0 Å². The molecule has 0 atom stereocenters. The Hall–Kier alpha value is -3.77. The summed E-state index contributed by atoms with van der Waals surface area (Å²) in [6.07, 6.45) is 5.18. The van der Waals surface area contributed by atoms with Gasteiger partial charge >= 0.3 is 6.15 Å². The number of hydrogen-bond acceptors (Lipinski definition) is 5. The van der Waals surface area contributed by atoms with E-state index in [1.54, 1.807) is 0 Å². The zero-order valence-electron chi connectivity index (χ0n) is 16.4. The summed E-state index contributed by atoms with van der Waals surface area (Å²) in [4.78, 5) is 36.9. The molecule has 2 aromatic carbocycles. The predicted molar refractivity (Wildman–Crippen MR) is 106 cm³/mol. The highest BCUT2D eigenvalue weighted by atomic mass is 19.1. The molecule has 0 bridgehead atoms. The summed E-state index contributed by atoms with van der Waals surface area (Å²) >= 11 is 0. The van der Waals surface area contributed by atoms with Crippen molar-refractivity contribution in [2.45, 2.75) is 26.7 Å². The number of carbonyl (C=O) groups is 1. The lowest BCUT2D eigenvalue weighted by Crippen LogP contribution is -2.16. The van der Waals surface area contributed by atoms with Gasteiger partial charge in [-0.15, -0.1) is 0 Å². The number of rotatable bonds is 5. The Morgan fingerprint density at radius 3 is 2.30 bits per heavy atom. The number of nitrogens with one attached hydrogen (secondary N) is 1. The molecule has 0 unspecified atom stereocenters. The van der Waals surface area contributed by atoms with Crippen LogP contribution in [0.15, 0.2) is 48.8 Å². The van der Waals surface area contributed by atoms with Crippen molar-refractivity contribution in [3.8, 4) is 11.3 Å². The molecule has 0 fully saturated rings. The number of carbonyl (C=O) groups excluding carboxylic acids is 3. The first-order chi connectivity index (χ1) is 14.4. The van der Waals surface area contributed by atoms with Crippen molar-refractivity contribution in [2.75, 3.05) is 5.32 Å². The molecular weight excluding hydrogens is 392 g/mol. The minimum atomic E-state index is -0.930. The Kier molecular flexibility index (Phi) is 8.02. The van der Waals surface area contributed by atoms with Gasteiger partial charge in [0.15, 0.2) is 5.82 Å². The summed E-state index contributed by atoms with van der Waals surface area (Å²) in [6, 6.07) is 9.46. The highest BCUT2D eigenvalue weighted by molar-refractivity contribution is 6.04. The third-order valence-electron chi connectivity index (χ3n) is 4.20. The lowest BCUT2D eigenvalue weighted by atomic mass is 10.0. The zero-order valence-corrected chi connectivity index (χ0v) is 16.4. The van der Waals surface area contributed by atoms with E-state index < -0.39 is 23.1 Å². The summed E-state index contributed by atoms with van der Waals surface area (Å²) in [7, 11) is 0. The van der Waals surface area contributed by atoms with Crippen LogP contribution in [0.3, 0.4) is 0 Å². The van der Waals surface area contributed by atoms with Crippen LogP contribution in [-0.2, 0) is 16.0 Å². The largest absolute Gasteiger partial charge is 0.373 e. The van der Waals surface area contributed by atoms with Gasteiger partial charge < -0.3 is 5.32 Å². The molecule has 3 rings (SSSR count). The summed E-state index contributed by atoms with van der Waals surface area (Å²) in [5.41, 5.74) is 3.26. The number of hydrogen-bond donors (Lipinski definition) is 1. The number of nitrogens with zero attached hydrogens (tertiary/aromatic N) is 2. The number of benzene rings is 2. The maximum absolute atomic E-state index is 13.7. The molecule has 1 aromatic heterocycles. The maximum atomic E-state index is 13.7. The van der Waals surface area contributed by atoms with Gasteiger partial charge in [0.05, 0.1) is 18.1 Å². The van der Waals surface area contributed by atoms with E-state index >= 15 is 0 Å². The van der Waals surface area contributed by atoms with Crippen LogP contribution >= 0.6 is 0 Å². The summed E-state index contributed by atoms with van der Waals surface area (Å²) in [6.45, 7) is 4.11. The van der Waals surface area contributed by atoms with Gasteiger partial charge in [-0.25, -0.2) is 13.8 Å². The minimum absolute atomic E-state index is 0.119. The van der Waals surface area contributed by atoms with Crippen molar-refractivity contribution in [1.82, 2.24) is 9.97 Å². The molecule has 1 N–H and O–H groups in total. The van der Waals surface area contributed by atoms with Crippen LogP contribution in [0, 0.1) is 18.6 Å². The van der Waals surface area contributed by atoms with Crippen LogP contribution in [0.25, 0.3) is 11.3 Å². The number of aryl methyl sites for hydroxylation is 2. The second kappa shape index (κ2) is 10.7. The van der Waals surface area contributed by atoms with Gasteiger partial charge in [-0.05, 0) is 42.7 Å². The predicted octanol–water partition coefficient (Wildman–Crippen LogP) is 4.35. The Balaban J connectivity index is 0.00000101. The molecule has 0 radical (unpaired) electrons. The third-order valence-corrected chi connectivity index (χ3v) is 4.20. The van der Waals surface area contributed by atoms with E-state index in [1.807, 2.05) is 13.0 Å². The molecule has 1 heterocycles. The average molecular weight is 411 g/mol. The van der Waals surface area contributed by atoms with Gasteiger partial charge in [0.1, 0.15) is 17.2 Å². The first-order valence-corrected chi connectivity index (χ1v) is 9.07. The monoisotopic (exact) mass is 411 g/mol. The van der Waals surface area contributed by atoms with E-state index in [2.05, 4.69) is 34.3 Å². The van der Waals surface area contributed by atoms with Crippen LogP contribution in [0.2, 0.25) is 0 Å². The van der Waals surface area contributed by atoms with Crippen LogP contribution < -0.4 is 5.32 Å². The second-order valence-electron chi connectivity index (χ2n) is 6.32. The highest BCUT2D eigenvalue weighted by Gasteiger charge is 2.17. The smallest absolute Gasteiger partial charge is 0.305 e. The Morgan fingerprint density at radius 2 is 1.73 bits per heavy atom. The summed E-state index contributed by atoms with van der Waals surface area (Å²) in [5, 5.41) is 2.37. The van der Waals surface area contributed by atoms with Crippen molar-refractivity contribution in [3.05, 3.63) is 77.1 Å². The SMILES string of the molecule is CCCc1ccc(C)c(-c2cnc(NC(=O)c3c(F)cccc3F)cn2)c1.O=C=O. The number of amides is 1. The van der Waals surface area contributed by atoms with Crippen molar-refractivity contribution in [3.63, 3.8) is 0 Å². The number of aromatic nitrogens is 2. The van der Waals surface area contributed by atoms with E-state index in [0.717, 1.165) is 36.1 Å². The first kappa shape index (κ1) is 22.5. The number of anilines is 1. The fourth-order valence-electron chi connectivity index (χ4n) is 2.81. The lowest BCUT2D eigenvalue weighted by Gasteiger charge is -2.09. The maximum Gasteiger partial charge on any atom is 0.373 e. The Morgan fingerprint density at radius 1 is 1.07 bits per heavy atom. The normalized spacial score (nSPS) is 9.87. The van der Waals surface area contributed by atoms with Crippen molar-refractivity contribution in [1.29, 1.82) is 0 Å². The van der Waals surface area contributed by atoms with Crippen LogP contribution in [-0.4, -0.2) is 22.0 Å². The van der Waals surface area contributed by atoms with Crippen molar-refractivity contribution in [2.24, 2.45) is 0 Å². The van der Waals surface area contributed by atoms with E-state index in [4.69, 9.17) is 9.59 Å². The van der Waals surface area contributed by atoms with Gasteiger partial charge in [0.25, 0.3) is 5.91 Å². The van der Waals surface area contributed by atoms with Gasteiger partial charge in [-0.3, -0.25) is 9.78 Å². The van der Waals surface area contributed by atoms with Crippen molar-refractivity contribution < 1.29 is 23.2 Å². The quantitative estimate of drug-likeness (QED) is 0.674. The van der Waals surface area contributed by atoms with Gasteiger partial charge in [-0.1, -0.05) is 31.5 Å². The Labute approximate surface area is 172 Å². The summed E-state index contributed by atoms with van der Waals surface area (Å²) < 4.78 is 27.4. The van der Waals surface area contributed by atoms with E-state index in [0.29, 0.717) is 5.69 Å². The molecule has 3 aromatic rings. The second-order valence-corrected chi connectivity index (χ2v) is 6.32. The molecule has 154 valence electrons. The van der Waals surface area contributed by atoms with E-state index in [9.17, 15) is 13.6 Å². The third kappa shape index (κ3) is 5.62. The van der Waals surface area contributed by atoms with E-state index in [-0.39, 0.29) is 12.0 Å². The van der Waals surface area contributed by atoms with Crippen LogP contribution in [0.5, 0.6) is 0 Å². The fourth-order valence-corrected chi connectivity index (χ4v) is 2.81. The molecule has 8 heteroatoms. The number of halogens is 2. The zero-order chi connectivity index (χ0) is 22.1. The molecule has 0 saturated carbocycles. The average Bonchev–Trinajstić information content (AvgIpc) is 2.71. The first-order valence-electron chi connectivity index (χ1n) is 9.07. The molecule has 0 saturated heterocycles. The molecule has 0 spiro atoms. The molecule has 0 aliphatic rings. The molecule has 6 nitrogen and oxygen atoms in total. The lowest BCUT2D eigenvalue weighted by molar-refractivity contribution is -0.191. The van der Waals surface area contributed by atoms with E-state index in [1.165, 1.54) is 24.0 Å². The van der Waals surface area contributed by atoms with Crippen LogP contribution in [0.1, 0.15) is 34.8 Å². The van der Waals surface area contributed by atoms with Gasteiger partial charge in [-0.2, -0.15) is 9.59 Å². The minimum Gasteiger partial charge on any atom is -0.305 e. The Bertz CT molecular complexity index is 1040. The molecule has 30 heavy (non-hydrogen) atoms. The highest BCUT2D eigenvalue weighted by Crippen LogP contribution is 2.23. The van der Waals surface area contributed by atoms with Crippen LogP contribution in [0.4, 0.5) is 14.6 Å². The van der Waals surface area contributed by atoms with Gasteiger partial charge in [0, 0.05) is 5.56 Å². The molecule has 0 aliphatic carbocycles. The standard InChI is InChI=1S/C21H19F2N3O.CO2/c1-3-5-14-9-8-13(2)15(10-14)18-11-25-19(12-24-18)26-21(27)20-16(22)6-4-7-17(20)23;2-1-3/h4,6-12H,3,5H2,1-2H3,(H,25,26,27);. The molecule has 0 aliphatic heterocycles. The summed E-state index contributed by atoms with van der Waals surface area (Å²) in [5.74, 6) is -2.65. The van der Waals surface area contributed by atoms with Gasteiger partial charge in [0.2, 0.25) is 0 Å².